The van der Waals surface area contributed by atoms with Crippen molar-refractivity contribution >= 4 is 5.69 Å². The fourth-order valence-corrected chi connectivity index (χ4v) is 2.54. The zero-order chi connectivity index (χ0) is 12.4. The first kappa shape index (κ1) is 12.3. The summed E-state index contributed by atoms with van der Waals surface area (Å²) >= 11 is 0. The van der Waals surface area contributed by atoms with E-state index in [1.165, 1.54) is 18.6 Å². The Morgan fingerprint density at radius 2 is 1.94 bits per heavy atom. The van der Waals surface area contributed by atoms with Crippen molar-refractivity contribution in [2.45, 2.75) is 45.6 Å². The summed E-state index contributed by atoms with van der Waals surface area (Å²) in [5, 5.41) is 3.13. The monoisotopic (exact) mass is 239 g/mol. The van der Waals surface area contributed by atoms with Crippen LogP contribution in [0.1, 0.15) is 38.2 Å². The number of hydrogen-bond donors (Lipinski definition) is 1. The normalized spacial score (nSPS) is 24.7. The lowest BCUT2D eigenvalue weighted by molar-refractivity contribution is 0.358. The van der Waals surface area contributed by atoms with Gasteiger partial charge in [-0.2, -0.15) is 0 Å². The number of hydrogen-bond acceptors (Lipinski definition) is 1. The quantitative estimate of drug-likeness (QED) is 0.813. The van der Waals surface area contributed by atoms with Gasteiger partial charge in [-0.05, 0) is 37.3 Å². The minimum atomic E-state index is -0.359. The van der Waals surface area contributed by atoms with Crippen LogP contribution >= 0.6 is 0 Å². The summed E-state index contributed by atoms with van der Waals surface area (Å²) in [5.41, 5.74) is 0.650. The maximum absolute atomic E-state index is 13.7. The van der Waals surface area contributed by atoms with Crippen LogP contribution in [-0.2, 0) is 0 Å². The first-order valence-corrected chi connectivity index (χ1v) is 6.28. The van der Waals surface area contributed by atoms with E-state index in [-0.39, 0.29) is 17.7 Å². The molecule has 1 aliphatic carbocycles. The van der Waals surface area contributed by atoms with Crippen molar-refractivity contribution in [3.63, 3.8) is 0 Å². The molecule has 1 aliphatic rings. The van der Waals surface area contributed by atoms with Crippen molar-refractivity contribution in [2.24, 2.45) is 5.92 Å². The Morgan fingerprint density at radius 3 is 2.65 bits per heavy atom. The summed E-state index contributed by atoms with van der Waals surface area (Å²) in [4.78, 5) is 0. The Balaban J connectivity index is 2.10. The van der Waals surface area contributed by atoms with Crippen LogP contribution in [0.15, 0.2) is 12.1 Å². The first-order chi connectivity index (χ1) is 8.06. The third kappa shape index (κ3) is 2.96. The second-order valence-corrected chi connectivity index (χ2v) is 5.19. The average Bonchev–Trinajstić information content (AvgIpc) is 2.26. The SMILES string of the molecule is Cc1cc(F)c(NC2CCCC(C)C2)cc1F. The summed E-state index contributed by atoms with van der Waals surface area (Å²) in [6.45, 7) is 3.78. The molecule has 0 amide bonds. The molecule has 3 heteroatoms. The van der Waals surface area contributed by atoms with E-state index in [1.54, 1.807) is 6.92 Å². The van der Waals surface area contributed by atoms with Gasteiger partial charge in [-0.25, -0.2) is 8.78 Å². The summed E-state index contributed by atoms with van der Waals surface area (Å²) in [7, 11) is 0. The lowest BCUT2D eigenvalue weighted by Crippen LogP contribution is -2.26. The maximum Gasteiger partial charge on any atom is 0.146 e. The summed E-state index contributed by atoms with van der Waals surface area (Å²) in [6.07, 6.45) is 4.48. The number of halogens is 2. The number of aryl methyl sites for hydroxylation is 1. The molecule has 1 aromatic rings. The van der Waals surface area contributed by atoms with Crippen LogP contribution in [0.3, 0.4) is 0 Å². The van der Waals surface area contributed by atoms with Gasteiger partial charge in [0.15, 0.2) is 0 Å². The lowest BCUT2D eigenvalue weighted by atomic mass is 9.87. The van der Waals surface area contributed by atoms with E-state index in [9.17, 15) is 8.78 Å². The smallest absolute Gasteiger partial charge is 0.146 e. The predicted octanol–water partition coefficient (Wildman–Crippen LogP) is 4.26. The van der Waals surface area contributed by atoms with Crippen LogP contribution < -0.4 is 5.32 Å². The molecule has 1 aromatic carbocycles. The van der Waals surface area contributed by atoms with Gasteiger partial charge in [0.2, 0.25) is 0 Å². The summed E-state index contributed by atoms with van der Waals surface area (Å²) in [5.74, 6) is -0.0421. The van der Waals surface area contributed by atoms with Crippen molar-refractivity contribution in [3.8, 4) is 0 Å². The molecule has 1 N–H and O–H groups in total. The highest BCUT2D eigenvalue weighted by Gasteiger charge is 2.20. The predicted molar refractivity (Wildman–Crippen MR) is 66.1 cm³/mol. The van der Waals surface area contributed by atoms with Gasteiger partial charge in [-0.15, -0.1) is 0 Å². The lowest BCUT2D eigenvalue weighted by Gasteiger charge is -2.28. The molecule has 0 spiro atoms. The van der Waals surface area contributed by atoms with Crippen LogP contribution in [0, 0.1) is 24.5 Å². The van der Waals surface area contributed by atoms with Crippen LogP contribution in [0.25, 0.3) is 0 Å². The molecule has 2 atom stereocenters. The van der Waals surface area contributed by atoms with Crippen LogP contribution in [0.5, 0.6) is 0 Å². The number of benzene rings is 1. The fraction of sp³-hybridized carbons (Fsp3) is 0.571. The Labute approximate surface area is 101 Å². The summed E-state index contributed by atoms with van der Waals surface area (Å²) in [6, 6.07) is 2.80. The molecule has 2 unspecified atom stereocenters. The Bertz CT molecular complexity index is 403. The highest BCUT2D eigenvalue weighted by Crippen LogP contribution is 2.27. The van der Waals surface area contributed by atoms with Crippen LogP contribution in [0.4, 0.5) is 14.5 Å². The Morgan fingerprint density at radius 1 is 1.18 bits per heavy atom. The zero-order valence-corrected chi connectivity index (χ0v) is 10.4. The van der Waals surface area contributed by atoms with Gasteiger partial charge in [0.1, 0.15) is 11.6 Å². The van der Waals surface area contributed by atoms with E-state index in [0.29, 0.717) is 17.2 Å². The van der Waals surface area contributed by atoms with Gasteiger partial charge >= 0.3 is 0 Å². The van der Waals surface area contributed by atoms with E-state index >= 15 is 0 Å². The van der Waals surface area contributed by atoms with Crippen molar-refractivity contribution in [3.05, 3.63) is 29.3 Å². The Hall–Kier alpha value is -1.12. The molecule has 2 rings (SSSR count). The number of anilines is 1. The molecule has 0 radical (unpaired) electrons. The number of nitrogens with one attached hydrogen (secondary N) is 1. The molecular weight excluding hydrogens is 220 g/mol. The fourth-order valence-electron chi connectivity index (χ4n) is 2.54. The van der Waals surface area contributed by atoms with E-state index in [4.69, 9.17) is 0 Å². The first-order valence-electron chi connectivity index (χ1n) is 6.28. The molecule has 0 heterocycles. The van der Waals surface area contributed by atoms with Gasteiger partial charge < -0.3 is 5.32 Å². The molecule has 0 aromatic heterocycles. The molecular formula is C14H19F2N. The maximum atomic E-state index is 13.7. The van der Waals surface area contributed by atoms with Crippen molar-refractivity contribution in [1.29, 1.82) is 0 Å². The van der Waals surface area contributed by atoms with Crippen molar-refractivity contribution in [1.82, 2.24) is 0 Å². The van der Waals surface area contributed by atoms with Crippen molar-refractivity contribution in [2.75, 3.05) is 5.32 Å². The molecule has 17 heavy (non-hydrogen) atoms. The largest absolute Gasteiger partial charge is 0.380 e. The highest BCUT2D eigenvalue weighted by atomic mass is 19.1. The topological polar surface area (TPSA) is 12.0 Å². The van der Waals surface area contributed by atoms with E-state index < -0.39 is 0 Å². The van der Waals surface area contributed by atoms with Crippen LogP contribution in [0.2, 0.25) is 0 Å². The zero-order valence-electron chi connectivity index (χ0n) is 10.4. The average molecular weight is 239 g/mol. The number of rotatable bonds is 2. The van der Waals surface area contributed by atoms with Crippen molar-refractivity contribution < 1.29 is 8.78 Å². The van der Waals surface area contributed by atoms with Gasteiger partial charge in [0, 0.05) is 12.1 Å². The van der Waals surface area contributed by atoms with Gasteiger partial charge in [0.05, 0.1) is 5.69 Å². The molecule has 0 saturated heterocycles. The molecule has 1 fully saturated rings. The molecule has 0 aliphatic heterocycles. The summed E-state index contributed by atoms with van der Waals surface area (Å²) < 4.78 is 27.0. The molecule has 1 saturated carbocycles. The van der Waals surface area contributed by atoms with Gasteiger partial charge in [-0.1, -0.05) is 19.8 Å². The third-order valence-corrected chi connectivity index (χ3v) is 3.54. The minimum absolute atomic E-state index is 0.273. The molecule has 1 nitrogen and oxygen atoms in total. The highest BCUT2D eigenvalue weighted by molar-refractivity contribution is 5.47. The van der Waals surface area contributed by atoms with Crippen LogP contribution in [-0.4, -0.2) is 6.04 Å². The molecule has 94 valence electrons. The van der Waals surface area contributed by atoms with E-state index in [2.05, 4.69) is 12.2 Å². The van der Waals surface area contributed by atoms with E-state index in [1.807, 2.05) is 0 Å². The van der Waals surface area contributed by atoms with Gasteiger partial charge in [0.25, 0.3) is 0 Å². The molecule has 0 bridgehead atoms. The Kier molecular flexibility index (Phi) is 3.65. The third-order valence-electron chi connectivity index (χ3n) is 3.54. The second kappa shape index (κ2) is 5.03. The van der Waals surface area contributed by atoms with E-state index in [0.717, 1.165) is 19.3 Å². The minimum Gasteiger partial charge on any atom is -0.380 e. The second-order valence-electron chi connectivity index (χ2n) is 5.19. The standard InChI is InChI=1S/C14H19F2N/c1-9-4-3-5-11(6-9)17-14-8-12(15)10(2)7-13(14)16/h7-9,11,17H,3-6H2,1-2H3. The van der Waals surface area contributed by atoms with Gasteiger partial charge in [-0.3, -0.25) is 0 Å².